The minimum Gasteiger partial charge on any atom is -0.454 e. The Hall–Kier alpha value is -3.82. The predicted octanol–water partition coefficient (Wildman–Crippen LogP) is 1.49. The molecule has 3 aromatic rings. The number of ether oxygens (including phenoxy) is 2. The summed E-state index contributed by atoms with van der Waals surface area (Å²) in [6, 6.07) is 8.18. The zero-order valence-corrected chi connectivity index (χ0v) is 15.1. The van der Waals surface area contributed by atoms with Crippen LogP contribution in [0.5, 0.6) is 11.5 Å². The molecule has 0 bridgehead atoms. The number of nitro benzene ring substituents is 1. The quantitative estimate of drug-likeness (QED) is 0.411. The van der Waals surface area contributed by atoms with Crippen molar-refractivity contribution in [2.75, 3.05) is 12.1 Å². The van der Waals surface area contributed by atoms with Gasteiger partial charge in [-0.25, -0.2) is 0 Å². The molecule has 0 saturated carbocycles. The van der Waals surface area contributed by atoms with E-state index in [2.05, 4.69) is 5.32 Å². The molecule has 1 aliphatic rings. The highest BCUT2D eigenvalue weighted by Crippen LogP contribution is 2.33. The van der Waals surface area contributed by atoms with Crippen molar-refractivity contribution in [3.05, 3.63) is 66.7 Å². The van der Waals surface area contributed by atoms with Crippen molar-refractivity contribution in [2.45, 2.75) is 6.54 Å². The van der Waals surface area contributed by atoms with Gasteiger partial charge in [0.05, 0.1) is 16.0 Å². The van der Waals surface area contributed by atoms with Crippen LogP contribution < -0.4 is 25.9 Å². The maximum Gasteiger partial charge on any atom is 0.316 e. The van der Waals surface area contributed by atoms with Crippen molar-refractivity contribution < 1.29 is 14.4 Å². The van der Waals surface area contributed by atoms with Crippen molar-refractivity contribution in [3.8, 4) is 11.5 Å². The molecule has 0 atom stereocenters. The normalized spacial score (nSPS) is 12.4. The minimum absolute atomic E-state index is 0.162. The number of aryl methyl sites for hydroxylation is 2. The van der Waals surface area contributed by atoms with Crippen molar-refractivity contribution in [1.82, 2.24) is 9.13 Å². The van der Waals surface area contributed by atoms with E-state index in [4.69, 9.17) is 9.47 Å². The second-order valence-electron chi connectivity index (χ2n) is 6.38. The molecule has 2 heterocycles. The fourth-order valence-electron chi connectivity index (χ4n) is 3.15. The lowest BCUT2D eigenvalue weighted by molar-refractivity contribution is -0.383. The Morgan fingerprint density at radius 1 is 1.04 bits per heavy atom. The van der Waals surface area contributed by atoms with E-state index in [9.17, 15) is 19.7 Å². The number of aromatic nitrogens is 2. The van der Waals surface area contributed by atoms with E-state index in [1.165, 1.54) is 30.8 Å². The molecule has 0 aliphatic carbocycles. The molecule has 1 aliphatic heterocycles. The number of nitrogens with one attached hydrogen (secondary N) is 1. The van der Waals surface area contributed by atoms with Gasteiger partial charge in [-0.15, -0.1) is 0 Å². The van der Waals surface area contributed by atoms with Gasteiger partial charge >= 0.3 is 11.1 Å². The molecule has 2 aromatic carbocycles. The second-order valence-corrected chi connectivity index (χ2v) is 6.38. The molecule has 0 spiro atoms. The molecule has 10 nitrogen and oxygen atoms in total. The van der Waals surface area contributed by atoms with Crippen LogP contribution in [0.25, 0.3) is 11.0 Å². The molecular weight excluding hydrogens is 368 g/mol. The molecule has 0 saturated heterocycles. The first-order valence-corrected chi connectivity index (χ1v) is 8.37. The Morgan fingerprint density at radius 2 is 1.68 bits per heavy atom. The fraction of sp³-hybridized carbons (Fsp3) is 0.222. The van der Waals surface area contributed by atoms with Gasteiger partial charge in [0.1, 0.15) is 5.69 Å². The van der Waals surface area contributed by atoms with E-state index in [0.29, 0.717) is 29.1 Å². The predicted molar refractivity (Wildman–Crippen MR) is 101 cm³/mol. The Kier molecular flexibility index (Phi) is 4.03. The van der Waals surface area contributed by atoms with E-state index >= 15 is 0 Å². The SMILES string of the molecule is Cn1c(=O)c(=O)n(C)c2cc([N+](=O)[O-])c(NCc3ccc4c(c3)OCO4)cc21. The van der Waals surface area contributed by atoms with Crippen LogP contribution in [-0.4, -0.2) is 20.9 Å². The topological polar surface area (TPSA) is 118 Å². The molecule has 144 valence electrons. The number of hydrogen-bond acceptors (Lipinski definition) is 7. The van der Waals surface area contributed by atoms with Crippen molar-refractivity contribution in [3.63, 3.8) is 0 Å². The van der Waals surface area contributed by atoms with Gasteiger partial charge in [-0.3, -0.25) is 19.7 Å². The molecule has 0 unspecified atom stereocenters. The summed E-state index contributed by atoms with van der Waals surface area (Å²) < 4.78 is 12.9. The van der Waals surface area contributed by atoms with E-state index in [0.717, 1.165) is 10.1 Å². The van der Waals surface area contributed by atoms with Crippen LogP contribution in [0.2, 0.25) is 0 Å². The van der Waals surface area contributed by atoms with Crippen LogP contribution in [0.4, 0.5) is 11.4 Å². The molecule has 4 rings (SSSR count). The number of anilines is 1. The Labute approximate surface area is 157 Å². The molecular formula is C18H16N4O6. The van der Waals surface area contributed by atoms with Crippen LogP contribution >= 0.6 is 0 Å². The third-order valence-corrected chi connectivity index (χ3v) is 4.72. The summed E-state index contributed by atoms with van der Waals surface area (Å²) in [6.07, 6.45) is 0. The number of nitro groups is 1. The van der Waals surface area contributed by atoms with E-state index in [1.807, 2.05) is 6.07 Å². The Balaban J connectivity index is 1.77. The first-order valence-electron chi connectivity index (χ1n) is 8.37. The van der Waals surface area contributed by atoms with Crippen LogP contribution in [-0.2, 0) is 20.6 Å². The lowest BCUT2D eigenvalue weighted by atomic mass is 10.1. The summed E-state index contributed by atoms with van der Waals surface area (Å²) in [4.78, 5) is 35.1. The summed E-state index contributed by atoms with van der Waals surface area (Å²) in [7, 11) is 2.87. The van der Waals surface area contributed by atoms with Crippen LogP contribution in [0.3, 0.4) is 0 Å². The van der Waals surface area contributed by atoms with Crippen molar-refractivity contribution >= 4 is 22.4 Å². The van der Waals surface area contributed by atoms with E-state index in [1.54, 1.807) is 12.1 Å². The molecule has 0 amide bonds. The molecule has 10 heteroatoms. The Morgan fingerprint density at radius 3 is 2.36 bits per heavy atom. The third-order valence-electron chi connectivity index (χ3n) is 4.72. The molecule has 0 fully saturated rings. The molecule has 1 aromatic heterocycles. The average Bonchev–Trinajstić information content (AvgIpc) is 3.16. The zero-order chi connectivity index (χ0) is 20.0. The number of rotatable bonds is 4. The highest BCUT2D eigenvalue weighted by Gasteiger charge is 2.20. The van der Waals surface area contributed by atoms with Gasteiger partial charge in [-0.2, -0.15) is 0 Å². The van der Waals surface area contributed by atoms with Crippen LogP contribution in [0.1, 0.15) is 5.56 Å². The second kappa shape index (κ2) is 6.41. The van der Waals surface area contributed by atoms with Gasteiger partial charge in [0, 0.05) is 26.7 Å². The van der Waals surface area contributed by atoms with Gasteiger partial charge in [0.15, 0.2) is 11.5 Å². The standard InChI is InChI=1S/C18H16N4O6/c1-20-13-6-11(19-8-10-3-4-15-16(5-10)28-9-27-15)12(22(25)26)7-14(13)21(2)18(24)17(20)23/h3-7,19H,8-9H2,1-2H3. The summed E-state index contributed by atoms with van der Waals surface area (Å²) in [6.45, 7) is 0.456. The minimum atomic E-state index is -0.745. The van der Waals surface area contributed by atoms with Crippen molar-refractivity contribution in [2.24, 2.45) is 14.1 Å². The Bertz CT molecular complexity index is 1240. The number of benzene rings is 2. The van der Waals surface area contributed by atoms with Gasteiger partial charge in [0.2, 0.25) is 6.79 Å². The van der Waals surface area contributed by atoms with Crippen LogP contribution in [0.15, 0.2) is 39.9 Å². The van der Waals surface area contributed by atoms with Crippen molar-refractivity contribution in [1.29, 1.82) is 0 Å². The zero-order valence-electron chi connectivity index (χ0n) is 15.1. The molecule has 0 radical (unpaired) electrons. The smallest absolute Gasteiger partial charge is 0.316 e. The van der Waals surface area contributed by atoms with Gasteiger partial charge < -0.3 is 23.9 Å². The first kappa shape index (κ1) is 17.6. The van der Waals surface area contributed by atoms with Crippen LogP contribution in [0, 0.1) is 10.1 Å². The summed E-state index contributed by atoms with van der Waals surface area (Å²) >= 11 is 0. The molecule has 28 heavy (non-hydrogen) atoms. The van der Waals surface area contributed by atoms with Gasteiger partial charge in [0.25, 0.3) is 5.69 Å². The van der Waals surface area contributed by atoms with Gasteiger partial charge in [-0.1, -0.05) is 6.07 Å². The summed E-state index contributed by atoms with van der Waals surface area (Å²) in [5.74, 6) is 1.26. The summed E-state index contributed by atoms with van der Waals surface area (Å²) in [5.41, 5.74) is 0.146. The number of fused-ring (bicyclic) bond motifs is 2. The third kappa shape index (κ3) is 2.75. The largest absolute Gasteiger partial charge is 0.454 e. The van der Waals surface area contributed by atoms with E-state index in [-0.39, 0.29) is 18.2 Å². The fourth-order valence-corrected chi connectivity index (χ4v) is 3.15. The lowest BCUT2D eigenvalue weighted by Crippen LogP contribution is -2.39. The van der Waals surface area contributed by atoms with Gasteiger partial charge in [-0.05, 0) is 23.8 Å². The first-order chi connectivity index (χ1) is 13.4. The maximum absolute atomic E-state index is 12.1. The average molecular weight is 384 g/mol. The highest BCUT2D eigenvalue weighted by molar-refractivity contribution is 5.85. The monoisotopic (exact) mass is 384 g/mol. The summed E-state index contributed by atoms with van der Waals surface area (Å²) in [5, 5.41) is 14.6. The van der Waals surface area contributed by atoms with E-state index < -0.39 is 16.0 Å². The molecule has 1 N–H and O–H groups in total. The number of hydrogen-bond donors (Lipinski definition) is 1. The number of nitrogens with zero attached hydrogens (tertiary/aromatic N) is 3. The maximum atomic E-state index is 12.1. The highest BCUT2D eigenvalue weighted by atomic mass is 16.7. The lowest BCUT2D eigenvalue weighted by Gasteiger charge is -2.13.